The van der Waals surface area contributed by atoms with Crippen molar-refractivity contribution in [1.29, 1.82) is 0 Å². The molecule has 1 N–H and O–H groups in total. The molecule has 1 fully saturated rings. The molecule has 0 radical (unpaired) electrons. The molecule has 1 aromatic carbocycles. The number of benzene rings is 1. The van der Waals surface area contributed by atoms with E-state index in [2.05, 4.69) is 35.5 Å². The highest BCUT2D eigenvalue weighted by Crippen LogP contribution is 2.39. The standard InChI is InChI=1S/C15H21ClN2.2ClH/c1-18-9-8-17-10-14(18)12-6-2-4-11-5-3-7-13(16)15(11)12;;/h3,5,7,12,14,17H,2,4,6,8-10H2,1H3;2*1H. The van der Waals surface area contributed by atoms with Gasteiger partial charge in [-0.25, -0.2) is 0 Å². The van der Waals surface area contributed by atoms with E-state index < -0.39 is 0 Å². The Labute approximate surface area is 139 Å². The summed E-state index contributed by atoms with van der Waals surface area (Å²) in [7, 11) is 2.25. The SMILES string of the molecule is CN1CCNCC1C1CCCc2cccc(Cl)c21.Cl.Cl. The summed E-state index contributed by atoms with van der Waals surface area (Å²) in [5.41, 5.74) is 2.89. The van der Waals surface area contributed by atoms with Gasteiger partial charge in [-0.15, -0.1) is 24.8 Å². The van der Waals surface area contributed by atoms with Gasteiger partial charge in [0.15, 0.2) is 0 Å². The fourth-order valence-electron chi connectivity index (χ4n) is 3.53. The van der Waals surface area contributed by atoms with Crippen LogP contribution in [0.2, 0.25) is 5.02 Å². The van der Waals surface area contributed by atoms with Gasteiger partial charge < -0.3 is 10.2 Å². The van der Waals surface area contributed by atoms with Crippen LogP contribution in [0.4, 0.5) is 0 Å². The molecule has 3 rings (SSSR count). The number of aryl methyl sites for hydroxylation is 1. The van der Waals surface area contributed by atoms with Gasteiger partial charge in [0.05, 0.1) is 0 Å². The van der Waals surface area contributed by atoms with E-state index in [-0.39, 0.29) is 24.8 Å². The highest BCUT2D eigenvalue weighted by molar-refractivity contribution is 6.31. The topological polar surface area (TPSA) is 15.3 Å². The molecule has 114 valence electrons. The molecule has 5 heteroatoms. The zero-order chi connectivity index (χ0) is 12.5. The van der Waals surface area contributed by atoms with Gasteiger partial charge in [-0.1, -0.05) is 23.7 Å². The predicted octanol–water partition coefficient (Wildman–Crippen LogP) is 3.51. The Kier molecular flexibility index (Phi) is 7.10. The highest BCUT2D eigenvalue weighted by Gasteiger charge is 2.33. The van der Waals surface area contributed by atoms with Crippen LogP contribution in [-0.2, 0) is 6.42 Å². The molecule has 1 saturated heterocycles. The molecule has 2 atom stereocenters. The van der Waals surface area contributed by atoms with Crippen LogP contribution in [0.15, 0.2) is 18.2 Å². The highest BCUT2D eigenvalue weighted by atomic mass is 35.5. The third-order valence-corrected chi connectivity index (χ3v) is 4.83. The van der Waals surface area contributed by atoms with Crippen molar-refractivity contribution in [2.24, 2.45) is 0 Å². The Bertz CT molecular complexity index is 439. The van der Waals surface area contributed by atoms with E-state index in [0.29, 0.717) is 12.0 Å². The van der Waals surface area contributed by atoms with Crippen molar-refractivity contribution < 1.29 is 0 Å². The van der Waals surface area contributed by atoms with Gasteiger partial charge >= 0.3 is 0 Å². The summed E-state index contributed by atoms with van der Waals surface area (Å²) in [5, 5.41) is 4.50. The fraction of sp³-hybridized carbons (Fsp3) is 0.600. The smallest absolute Gasteiger partial charge is 0.0444 e. The number of hydrogen-bond donors (Lipinski definition) is 1. The number of nitrogens with zero attached hydrogens (tertiary/aromatic N) is 1. The molecule has 0 saturated carbocycles. The van der Waals surface area contributed by atoms with Crippen molar-refractivity contribution in [3.8, 4) is 0 Å². The number of halogens is 3. The number of nitrogens with one attached hydrogen (secondary N) is 1. The lowest BCUT2D eigenvalue weighted by Crippen LogP contribution is -2.52. The van der Waals surface area contributed by atoms with Crippen LogP contribution in [0.5, 0.6) is 0 Å². The van der Waals surface area contributed by atoms with E-state index in [1.165, 1.54) is 30.4 Å². The maximum Gasteiger partial charge on any atom is 0.0444 e. The maximum atomic E-state index is 6.46. The van der Waals surface area contributed by atoms with Crippen LogP contribution in [-0.4, -0.2) is 37.6 Å². The lowest BCUT2D eigenvalue weighted by atomic mass is 9.78. The van der Waals surface area contributed by atoms with Crippen LogP contribution in [0.3, 0.4) is 0 Å². The monoisotopic (exact) mass is 336 g/mol. The molecule has 1 aliphatic heterocycles. The minimum atomic E-state index is 0. The second kappa shape index (κ2) is 7.86. The van der Waals surface area contributed by atoms with Crippen LogP contribution in [0.1, 0.15) is 29.9 Å². The molecule has 1 heterocycles. The molecule has 2 aliphatic rings. The Morgan fingerprint density at radius 2 is 2.10 bits per heavy atom. The molecule has 0 bridgehead atoms. The first-order chi connectivity index (χ1) is 8.77. The molecule has 1 aromatic rings. The number of fused-ring (bicyclic) bond motifs is 1. The second-order valence-electron chi connectivity index (χ2n) is 5.56. The number of piperazine rings is 1. The molecule has 1 aliphatic carbocycles. The summed E-state index contributed by atoms with van der Waals surface area (Å²) >= 11 is 6.46. The fourth-order valence-corrected chi connectivity index (χ4v) is 3.87. The minimum absolute atomic E-state index is 0. The Balaban J connectivity index is 0.000001000. The van der Waals surface area contributed by atoms with Gasteiger partial charge in [0, 0.05) is 36.6 Å². The summed E-state index contributed by atoms with van der Waals surface area (Å²) in [6.45, 7) is 3.34. The zero-order valence-corrected chi connectivity index (χ0v) is 14.2. The van der Waals surface area contributed by atoms with E-state index in [0.717, 1.165) is 24.7 Å². The van der Waals surface area contributed by atoms with E-state index in [1.807, 2.05) is 0 Å². The van der Waals surface area contributed by atoms with E-state index in [4.69, 9.17) is 11.6 Å². The first-order valence-electron chi connectivity index (χ1n) is 6.95. The molecule has 0 spiro atoms. The molecule has 20 heavy (non-hydrogen) atoms. The molecular weight excluding hydrogens is 315 g/mol. The van der Waals surface area contributed by atoms with Gasteiger partial charge in [-0.05, 0) is 43.5 Å². The summed E-state index contributed by atoms with van der Waals surface area (Å²) in [5.74, 6) is 0.597. The van der Waals surface area contributed by atoms with Crippen LogP contribution < -0.4 is 5.32 Å². The first-order valence-corrected chi connectivity index (χ1v) is 7.33. The molecule has 2 unspecified atom stereocenters. The van der Waals surface area contributed by atoms with E-state index in [9.17, 15) is 0 Å². The molecular formula is C15H23Cl3N2. The normalized spacial score (nSPS) is 26.1. The van der Waals surface area contributed by atoms with Crippen molar-refractivity contribution in [2.75, 3.05) is 26.7 Å². The first kappa shape index (κ1) is 18.1. The van der Waals surface area contributed by atoms with Gasteiger partial charge in [-0.2, -0.15) is 0 Å². The van der Waals surface area contributed by atoms with Crippen molar-refractivity contribution in [1.82, 2.24) is 10.2 Å². The molecule has 0 amide bonds. The summed E-state index contributed by atoms with van der Waals surface area (Å²) in [4.78, 5) is 2.50. The number of rotatable bonds is 1. The minimum Gasteiger partial charge on any atom is -0.314 e. The zero-order valence-electron chi connectivity index (χ0n) is 11.8. The lowest BCUT2D eigenvalue weighted by Gasteiger charge is -2.41. The van der Waals surface area contributed by atoms with Crippen LogP contribution in [0.25, 0.3) is 0 Å². The number of likely N-dealkylation sites (N-methyl/N-ethyl adjacent to an activating group) is 1. The predicted molar refractivity (Wildman–Crippen MR) is 90.9 cm³/mol. The van der Waals surface area contributed by atoms with Crippen LogP contribution >= 0.6 is 36.4 Å². The molecule has 0 aromatic heterocycles. The van der Waals surface area contributed by atoms with Gasteiger partial charge in [0.1, 0.15) is 0 Å². The average molecular weight is 338 g/mol. The Morgan fingerprint density at radius 1 is 1.30 bits per heavy atom. The maximum absolute atomic E-state index is 6.46. The van der Waals surface area contributed by atoms with Crippen molar-refractivity contribution in [3.63, 3.8) is 0 Å². The Morgan fingerprint density at radius 3 is 2.85 bits per heavy atom. The van der Waals surface area contributed by atoms with E-state index in [1.54, 1.807) is 0 Å². The largest absolute Gasteiger partial charge is 0.314 e. The van der Waals surface area contributed by atoms with Gasteiger partial charge in [0.2, 0.25) is 0 Å². The van der Waals surface area contributed by atoms with Crippen molar-refractivity contribution in [3.05, 3.63) is 34.3 Å². The quantitative estimate of drug-likeness (QED) is 0.843. The molecule has 2 nitrogen and oxygen atoms in total. The average Bonchev–Trinajstić information content (AvgIpc) is 2.39. The lowest BCUT2D eigenvalue weighted by molar-refractivity contribution is 0.164. The number of hydrogen-bond acceptors (Lipinski definition) is 2. The van der Waals surface area contributed by atoms with Crippen molar-refractivity contribution >= 4 is 36.4 Å². The van der Waals surface area contributed by atoms with E-state index >= 15 is 0 Å². The van der Waals surface area contributed by atoms with Crippen LogP contribution in [0, 0.1) is 0 Å². The Hall–Kier alpha value is 0.01000. The van der Waals surface area contributed by atoms with Crippen molar-refractivity contribution in [2.45, 2.75) is 31.2 Å². The third kappa shape index (κ3) is 3.42. The third-order valence-electron chi connectivity index (χ3n) is 4.50. The second-order valence-corrected chi connectivity index (χ2v) is 5.97. The summed E-state index contributed by atoms with van der Waals surface area (Å²) in [6.07, 6.45) is 3.76. The summed E-state index contributed by atoms with van der Waals surface area (Å²) < 4.78 is 0. The van der Waals surface area contributed by atoms with Gasteiger partial charge in [0.25, 0.3) is 0 Å². The van der Waals surface area contributed by atoms with Gasteiger partial charge in [-0.3, -0.25) is 0 Å². The summed E-state index contributed by atoms with van der Waals surface area (Å²) in [6, 6.07) is 6.99.